The number of nitrogens with one attached hydrogen (secondary N) is 1. The zero-order valence-corrected chi connectivity index (χ0v) is 10.5. The summed E-state index contributed by atoms with van der Waals surface area (Å²) in [4.78, 5) is 4.46. The molecule has 2 saturated heterocycles. The molecule has 2 fully saturated rings. The highest BCUT2D eigenvalue weighted by Crippen LogP contribution is 2.38. The molecule has 0 saturated carbocycles. The topological polar surface area (TPSA) is 33.1 Å². The molecule has 1 spiro atoms. The Morgan fingerprint density at radius 2 is 1.89 bits per heavy atom. The molecule has 3 heterocycles. The van der Waals surface area contributed by atoms with Crippen molar-refractivity contribution in [3.63, 3.8) is 0 Å². The number of hydrogen-bond donors (Lipinski definition) is 1. The fraction of sp³-hybridized carbons (Fsp3) is 0.500. The van der Waals surface area contributed by atoms with Crippen molar-refractivity contribution < 1.29 is 0 Å². The summed E-state index contributed by atoms with van der Waals surface area (Å²) in [5.74, 6) is 0. The number of imidazole rings is 1. The molecular formula is C14H18N4. The minimum atomic E-state index is 0.566. The predicted molar refractivity (Wildman–Crippen MR) is 72.2 cm³/mol. The van der Waals surface area contributed by atoms with E-state index >= 15 is 0 Å². The maximum Gasteiger partial charge on any atom is 0.116 e. The SMILES string of the molecule is c1ccc2c(c1)ncn2N1CC2(CCNCC2)C1. The highest BCUT2D eigenvalue weighted by molar-refractivity contribution is 5.75. The second-order valence-corrected chi connectivity index (χ2v) is 5.65. The van der Waals surface area contributed by atoms with Gasteiger partial charge in [0.05, 0.1) is 11.0 Å². The van der Waals surface area contributed by atoms with Gasteiger partial charge in [0.2, 0.25) is 0 Å². The lowest BCUT2D eigenvalue weighted by Gasteiger charge is -2.53. The van der Waals surface area contributed by atoms with Crippen LogP contribution in [-0.4, -0.2) is 35.8 Å². The molecule has 4 heteroatoms. The maximum atomic E-state index is 4.46. The Morgan fingerprint density at radius 1 is 1.11 bits per heavy atom. The fourth-order valence-electron chi connectivity index (χ4n) is 3.33. The van der Waals surface area contributed by atoms with E-state index in [1.807, 2.05) is 12.4 Å². The third-order valence-corrected chi connectivity index (χ3v) is 4.44. The van der Waals surface area contributed by atoms with E-state index in [1.54, 1.807) is 0 Å². The van der Waals surface area contributed by atoms with Crippen molar-refractivity contribution in [1.82, 2.24) is 15.0 Å². The molecular weight excluding hydrogens is 224 g/mol. The molecule has 1 aromatic carbocycles. The van der Waals surface area contributed by atoms with Crippen LogP contribution in [0.1, 0.15) is 12.8 Å². The van der Waals surface area contributed by atoms with Gasteiger partial charge in [0, 0.05) is 18.5 Å². The van der Waals surface area contributed by atoms with E-state index in [2.05, 4.69) is 38.2 Å². The van der Waals surface area contributed by atoms with Crippen LogP contribution in [0.2, 0.25) is 0 Å². The number of nitrogens with zero attached hydrogens (tertiary/aromatic N) is 3. The summed E-state index contributed by atoms with van der Waals surface area (Å²) >= 11 is 0. The van der Waals surface area contributed by atoms with E-state index in [-0.39, 0.29) is 0 Å². The molecule has 0 radical (unpaired) electrons. The van der Waals surface area contributed by atoms with Gasteiger partial charge < -0.3 is 10.3 Å². The highest BCUT2D eigenvalue weighted by atomic mass is 15.6. The minimum Gasteiger partial charge on any atom is -0.317 e. The van der Waals surface area contributed by atoms with Crippen LogP contribution in [-0.2, 0) is 0 Å². The van der Waals surface area contributed by atoms with Crippen molar-refractivity contribution in [2.75, 3.05) is 31.2 Å². The maximum absolute atomic E-state index is 4.46. The van der Waals surface area contributed by atoms with Gasteiger partial charge in [0.25, 0.3) is 0 Å². The Morgan fingerprint density at radius 3 is 2.72 bits per heavy atom. The first-order chi connectivity index (χ1) is 8.86. The summed E-state index contributed by atoms with van der Waals surface area (Å²) in [5, 5.41) is 5.87. The minimum absolute atomic E-state index is 0.566. The van der Waals surface area contributed by atoms with Crippen LogP contribution >= 0.6 is 0 Å². The van der Waals surface area contributed by atoms with Crippen molar-refractivity contribution in [2.45, 2.75) is 12.8 Å². The van der Waals surface area contributed by atoms with E-state index in [0.29, 0.717) is 5.41 Å². The van der Waals surface area contributed by atoms with Gasteiger partial charge in [-0.15, -0.1) is 0 Å². The number of hydrogen-bond acceptors (Lipinski definition) is 3. The number of para-hydroxylation sites is 2. The number of fused-ring (bicyclic) bond motifs is 1. The standard InChI is InChI=1S/C14H18N4/c1-2-4-13-12(3-1)16-11-18(13)17-9-14(10-17)5-7-15-8-6-14/h1-4,11,15H,5-10H2. The zero-order valence-electron chi connectivity index (χ0n) is 10.5. The number of aromatic nitrogens is 2. The van der Waals surface area contributed by atoms with Gasteiger partial charge in [-0.2, -0.15) is 0 Å². The fourth-order valence-corrected chi connectivity index (χ4v) is 3.33. The average molecular weight is 242 g/mol. The summed E-state index contributed by atoms with van der Waals surface area (Å²) in [6.07, 6.45) is 4.59. The Labute approximate surface area is 107 Å². The Bertz CT molecular complexity index is 560. The Balaban J connectivity index is 1.59. The normalized spacial score (nSPS) is 22.3. The first-order valence-electron chi connectivity index (χ1n) is 6.74. The molecule has 0 amide bonds. The van der Waals surface area contributed by atoms with Gasteiger partial charge in [-0.25, -0.2) is 9.66 Å². The van der Waals surface area contributed by atoms with Gasteiger partial charge in [0.15, 0.2) is 0 Å². The van der Waals surface area contributed by atoms with E-state index in [0.717, 1.165) is 5.52 Å². The van der Waals surface area contributed by atoms with Crippen LogP contribution in [0, 0.1) is 5.41 Å². The Hall–Kier alpha value is -1.55. The summed E-state index contributed by atoms with van der Waals surface area (Å²) in [6.45, 7) is 4.71. The zero-order chi connectivity index (χ0) is 12.0. The first kappa shape index (κ1) is 10.4. The van der Waals surface area contributed by atoms with Gasteiger partial charge in [-0.1, -0.05) is 12.1 Å². The van der Waals surface area contributed by atoms with Crippen LogP contribution in [0.15, 0.2) is 30.6 Å². The van der Waals surface area contributed by atoms with Gasteiger partial charge >= 0.3 is 0 Å². The summed E-state index contributed by atoms with van der Waals surface area (Å²) in [6, 6.07) is 8.35. The van der Waals surface area contributed by atoms with Crippen molar-refractivity contribution in [2.24, 2.45) is 5.41 Å². The predicted octanol–water partition coefficient (Wildman–Crippen LogP) is 1.36. The molecule has 94 valence electrons. The summed E-state index contributed by atoms with van der Waals surface area (Å²) in [5.41, 5.74) is 2.88. The molecule has 18 heavy (non-hydrogen) atoms. The molecule has 2 aliphatic heterocycles. The van der Waals surface area contributed by atoms with Crippen LogP contribution in [0.4, 0.5) is 0 Å². The monoisotopic (exact) mass is 242 g/mol. The van der Waals surface area contributed by atoms with E-state index in [1.165, 1.54) is 44.5 Å². The lowest BCUT2D eigenvalue weighted by Crippen LogP contribution is -2.63. The molecule has 0 unspecified atom stereocenters. The molecule has 0 atom stereocenters. The summed E-state index contributed by atoms with van der Waals surface area (Å²) in [7, 11) is 0. The van der Waals surface area contributed by atoms with E-state index < -0.39 is 0 Å². The van der Waals surface area contributed by atoms with Crippen LogP contribution < -0.4 is 10.3 Å². The van der Waals surface area contributed by atoms with Crippen LogP contribution in [0.25, 0.3) is 11.0 Å². The second kappa shape index (κ2) is 3.72. The second-order valence-electron chi connectivity index (χ2n) is 5.65. The molecule has 1 aromatic heterocycles. The molecule has 4 nitrogen and oxygen atoms in total. The van der Waals surface area contributed by atoms with Gasteiger partial charge in [0.1, 0.15) is 6.33 Å². The number of benzene rings is 1. The number of piperidine rings is 1. The van der Waals surface area contributed by atoms with Gasteiger partial charge in [-0.05, 0) is 38.1 Å². The lowest BCUT2D eigenvalue weighted by atomic mass is 9.73. The quantitative estimate of drug-likeness (QED) is 0.819. The average Bonchev–Trinajstić information content (AvgIpc) is 2.80. The first-order valence-corrected chi connectivity index (χ1v) is 6.74. The third-order valence-electron chi connectivity index (χ3n) is 4.44. The molecule has 2 aliphatic rings. The molecule has 2 aromatic rings. The van der Waals surface area contributed by atoms with Crippen LogP contribution in [0.5, 0.6) is 0 Å². The molecule has 0 aliphatic carbocycles. The number of rotatable bonds is 1. The van der Waals surface area contributed by atoms with Crippen molar-refractivity contribution in [3.8, 4) is 0 Å². The highest BCUT2D eigenvalue weighted by Gasteiger charge is 2.44. The van der Waals surface area contributed by atoms with Crippen molar-refractivity contribution in [3.05, 3.63) is 30.6 Å². The van der Waals surface area contributed by atoms with Crippen molar-refractivity contribution in [1.29, 1.82) is 0 Å². The molecule has 4 rings (SSSR count). The Kier molecular flexibility index (Phi) is 2.14. The molecule has 1 N–H and O–H groups in total. The largest absolute Gasteiger partial charge is 0.317 e. The van der Waals surface area contributed by atoms with E-state index in [9.17, 15) is 0 Å². The third kappa shape index (κ3) is 1.45. The van der Waals surface area contributed by atoms with Crippen molar-refractivity contribution >= 4 is 11.0 Å². The van der Waals surface area contributed by atoms with Crippen LogP contribution in [0.3, 0.4) is 0 Å². The van der Waals surface area contributed by atoms with Gasteiger partial charge in [-0.3, -0.25) is 0 Å². The smallest absolute Gasteiger partial charge is 0.116 e. The lowest BCUT2D eigenvalue weighted by molar-refractivity contribution is 0.122. The summed E-state index contributed by atoms with van der Waals surface area (Å²) < 4.78 is 2.22. The van der Waals surface area contributed by atoms with E-state index in [4.69, 9.17) is 0 Å². The molecule has 0 bridgehead atoms.